The average molecular weight is 334 g/mol. The molecule has 2 heterocycles. The predicted octanol–water partition coefficient (Wildman–Crippen LogP) is 2.56. The van der Waals surface area contributed by atoms with Crippen LogP contribution in [0.1, 0.15) is 5.56 Å². The number of nitrogens with zero attached hydrogens (tertiary/aromatic N) is 4. The normalized spacial score (nSPS) is 10.7. The zero-order valence-corrected chi connectivity index (χ0v) is 12.7. The van der Waals surface area contributed by atoms with Crippen LogP contribution < -0.4 is 5.32 Å². The number of carbonyl (C=O) groups is 1. The van der Waals surface area contributed by atoms with Gasteiger partial charge < -0.3 is 5.32 Å². The highest BCUT2D eigenvalue weighted by Crippen LogP contribution is 2.08. The van der Waals surface area contributed by atoms with Gasteiger partial charge in [0.2, 0.25) is 5.91 Å². The van der Waals surface area contributed by atoms with E-state index in [0.29, 0.717) is 17.4 Å². The Morgan fingerprint density at radius 1 is 1.22 bits per heavy atom. The lowest BCUT2D eigenvalue weighted by Crippen LogP contribution is -2.19. The number of amides is 1. The third-order valence-electron chi connectivity index (χ3n) is 3.07. The summed E-state index contributed by atoms with van der Waals surface area (Å²) in [5.41, 5.74) is 0.915. The van der Waals surface area contributed by atoms with Crippen LogP contribution in [0.4, 0.5) is 10.2 Å². The van der Waals surface area contributed by atoms with Crippen LogP contribution in [-0.2, 0) is 17.9 Å². The molecule has 0 saturated heterocycles. The number of hydrogen-bond donors (Lipinski definition) is 1. The van der Waals surface area contributed by atoms with Crippen LogP contribution in [0.2, 0.25) is 5.02 Å². The highest BCUT2D eigenvalue weighted by Gasteiger charge is 2.07. The maximum atomic E-state index is 12.9. The summed E-state index contributed by atoms with van der Waals surface area (Å²) in [5.74, 6) is -0.0898. The molecule has 23 heavy (non-hydrogen) atoms. The Morgan fingerprint density at radius 2 is 2.00 bits per heavy atom. The van der Waals surface area contributed by atoms with Gasteiger partial charge in [0.1, 0.15) is 12.4 Å². The Labute approximate surface area is 136 Å². The molecule has 0 saturated carbocycles. The molecule has 0 unspecified atom stereocenters. The van der Waals surface area contributed by atoms with Crippen LogP contribution in [0, 0.1) is 5.82 Å². The van der Waals surface area contributed by atoms with Crippen molar-refractivity contribution in [3.8, 4) is 0 Å². The zero-order valence-electron chi connectivity index (χ0n) is 12.0. The summed E-state index contributed by atoms with van der Waals surface area (Å²) in [7, 11) is 0. The minimum absolute atomic E-state index is 0.0531. The first-order chi connectivity index (χ1) is 11.1. The number of aromatic nitrogens is 4. The van der Waals surface area contributed by atoms with Crippen molar-refractivity contribution in [2.45, 2.75) is 13.1 Å². The van der Waals surface area contributed by atoms with E-state index >= 15 is 0 Å². The molecular formula is C15H13ClFN5O. The van der Waals surface area contributed by atoms with Crippen molar-refractivity contribution >= 4 is 23.3 Å². The summed E-state index contributed by atoms with van der Waals surface area (Å²) in [4.78, 5) is 11.9. The molecule has 8 heteroatoms. The molecule has 3 aromatic rings. The molecule has 6 nitrogen and oxygen atoms in total. The third kappa shape index (κ3) is 4.17. The molecule has 1 aromatic carbocycles. The number of anilines is 1. The molecule has 1 amide bonds. The first-order valence-corrected chi connectivity index (χ1v) is 7.22. The fraction of sp³-hybridized carbons (Fsp3) is 0.133. The Balaban J connectivity index is 1.58. The quantitative estimate of drug-likeness (QED) is 0.780. The van der Waals surface area contributed by atoms with E-state index in [1.165, 1.54) is 23.0 Å². The van der Waals surface area contributed by atoms with Crippen molar-refractivity contribution in [2.75, 3.05) is 5.32 Å². The van der Waals surface area contributed by atoms with Gasteiger partial charge in [0, 0.05) is 18.5 Å². The van der Waals surface area contributed by atoms with Crippen molar-refractivity contribution < 1.29 is 9.18 Å². The topological polar surface area (TPSA) is 64.7 Å². The Morgan fingerprint density at radius 3 is 2.70 bits per heavy atom. The molecule has 0 aliphatic heterocycles. The lowest BCUT2D eigenvalue weighted by Gasteiger charge is -2.03. The monoisotopic (exact) mass is 333 g/mol. The first kappa shape index (κ1) is 15.2. The van der Waals surface area contributed by atoms with Crippen LogP contribution in [0.3, 0.4) is 0 Å². The van der Waals surface area contributed by atoms with Gasteiger partial charge in [-0.25, -0.2) is 4.39 Å². The van der Waals surface area contributed by atoms with Crippen molar-refractivity contribution in [2.24, 2.45) is 0 Å². The fourth-order valence-corrected chi connectivity index (χ4v) is 2.20. The van der Waals surface area contributed by atoms with Gasteiger partial charge in [0.15, 0.2) is 5.82 Å². The van der Waals surface area contributed by atoms with Gasteiger partial charge in [-0.1, -0.05) is 23.7 Å². The molecule has 2 aromatic heterocycles. The summed E-state index contributed by atoms with van der Waals surface area (Å²) < 4.78 is 16.0. The van der Waals surface area contributed by atoms with E-state index in [-0.39, 0.29) is 18.3 Å². The van der Waals surface area contributed by atoms with E-state index in [0.717, 1.165) is 5.56 Å². The molecule has 0 aliphatic rings. The average Bonchev–Trinajstić information content (AvgIpc) is 3.11. The molecule has 0 radical (unpaired) electrons. The van der Waals surface area contributed by atoms with Gasteiger partial charge in [-0.15, -0.1) is 0 Å². The number of halogens is 2. The standard InChI is InChI=1S/C15H13ClFN5O/c16-12-7-18-22(9-12)10-15(23)19-14-5-6-21(20-14)8-11-1-3-13(17)4-2-11/h1-7,9H,8,10H2,(H,19,20,23). The van der Waals surface area contributed by atoms with Crippen LogP contribution >= 0.6 is 11.6 Å². The number of benzene rings is 1. The van der Waals surface area contributed by atoms with Gasteiger partial charge in [-0.05, 0) is 17.7 Å². The van der Waals surface area contributed by atoms with Gasteiger partial charge in [0.05, 0.1) is 17.8 Å². The highest BCUT2D eigenvalue weighted by atomic mass is 35.5. The molecule has 3 rings (SSSR count). The van der Waals surface area contributed by atoms with E-state index in [9.17, 15) is 9.18 Å². The molecule has 1 N–H and O–H groups in total. The van der Waals surface area contributed by atoms with E-state index < -0.39 is 0 Å². The zero-order chi connectivity index (χ0) is 16.2. The molecule has 0 aliphatic carbocycles. The second-order valence-electron chi connectivity index (χ2n) is 4.93. The van der Waals surface area contributed by atoms with Crippen molar-refractivity contribution in [3.05, 3.63) is 65.3 Å². The van der Waals surface area contributed by atoms with Gasteiger partial charge in [0.25, 0.3) is 0 Å². The largest absolute Gasteiger partial charge is 0.308 e. The predicted molar refractivity (Wildman–Crippen MR) is 83.6 cm³/mol. The van der Waals surface area contributed by atoms with E-state index in [1.807, 2.05) is 0 Å². The van der Waals surface area contributed by atoms with Crippen LogP contribution in [-0.4, -0.2) is 25.5 Å². The van der Waals surface area contributed by atoms with Crippen molar-refractivity contribution in [1.82, 2.24) is 19.6 Å². The minimum atomic E-state index is -0.277. The van der Waals surface area contributed by atoms with Gasteiger partial charge in [-0.2, -0.15) is 10.2 Å². The Bertz CT molecular complexity index is 811. The molecule has 0 fully saturated rings. The molecule has 118 valence electrons. The number of carbonyl (C=O) groups excluding carboxylic acids is 1. The smallest absolute Gasteiger partial charge is 0.247 e. The molecule has 0 spiro atoms. The number of rotatable bonds is 5. The summed E-state index contributed by atoms with van der Waals surface area (Å²) in [6.07, 6.45) is 4.77. The Kier molecular flexibility index (Phi) is 4.38. The van der Waals surface area contributed by atoms with Crippen LogP contribution in [0.15, 0.2) is 48.9 Å². The van der Waals surface area contributed by atoms with Crippen molar-refractivity contribution in [1.29, 1.82) is 0 Å². The van der Waals surface area contributed by atoms with Gasteiger partial charge in [-0.3, -0.25) is 14.2 Å². The SMILES string of the molecule is O=C(Cn1cc(Cl)cn1)Nc1ccn(Cc2ccc(F)cc2)n1. The maximum absolute atomic E-state index is 12.9. The lowest BCUT2D eigenvalue weighted by atomic mass is 10.2. The third-order valence-corrected chi connectivity index (χ3v) is 3.27. The minimum Gasteiger partial charge on any atom is -0.308 e. The lowest BCUT2D eigenvalue weighted by molar-refractivity contribution is -0.116. The molecular weight excluding hydrogens is 321 g/mol. The molecule has 0 atom stereocenters. The van der Waals surface area contributed by atoms with Crippen molar-refractivity contribution in [3.63, 3.8) is 0 Å². The molecule has 0 bridgehead atoms. The number of nitrogens with one attached hydrogen (secondary N) is 1. The Hall–Kier alpha value is -2.67. The fourth-order valence-electron chi connectivity index (χ4n) is 2.05. The summed E-state index contributed by atoms with van der Waals surface area (Å²) in [6.45, 7) is 0.544. The van der Waals surface area contributed by atoms with E-state index in [4.69, 9.17) is 11.6 Å². The second-order valence-corrected chi connectivity index (χ2v) is 5.37. The van der Waals surface area contributed by atoms with Gasteiger partial charge >= 0.3 is 0 Å². The van der Waals surface area contributed by atoms with Crippen LogP contribution in [0.5, 0.6) is 0 Å². The summed E-state index contributed by atoms with van der Waals surface area (Å²) in [6, 6.07) is 7.87. The van der Waals surface area contributed by atoms with E-state index in [2.05, 4.69) is 15.5 Å². The number of hydrogen-bond acceptors (Lipinski definition) is 3. The van der Waals surface area contributed by atoms with Crippen LogP contribution in [0.25, 0.3) is 0 Å². The summed E-state index contributed by atoms with van der Waals surface area (Å²) >= 11 is 5.74. The second kappa shape index (κ2) is 6.62. The highest BCUT2D eigenvalue weighted by molar-refractivity contribution is 6.30. The maximum Gasteiger partial charge on any atom is 0.247 e. The van der Waals surface area contributed by atoms with E-state index in [1.54, 1.807) is 35.3 Å². The summed E-state index contributed by atoms with van der Waals surface area (Å²) in [5, 5.41) is 11.3. The first-order valence-electron chi connectivity index (χ1n) is 6.84.